The molecule has 0 aliphatic carbocycles. The van der Waals surface area contributed by atoms with Crippen molar-refractivity contribution in [2.24, 2.45) is 0 Å². The highest BCUT2D eigenvalue weighted by Gasteiger charge is 2.14. The Morgan fingerprint density at radius 1 is 0.857 bits per heavy atom. The number of sulfonamides is 1. The number of nitrogens with zero attached hydrogens (tertiary/aromatic N) is 2. The minimum absolute atomic E-state index is 0.187. The van der Waals surface area contributed by atoms with Crippen LogP contribution in [0.4, 0.5) is 5.69 Å². The fourth-order valence-corrected chi connectivity index (χ4v) is 3.61. The maximum Gasteiger partial charge on any atom is 0.266 e. The number of hydrogen-bond donors (Lipinski definition) is 1. The molecule has 1 N–H and O–H groups in total. The average Bonchev–Trinajstić information content (AvgIpc) is 2.68. The number of benzene rings is 3. The second-order valence-corrected chi connectivity index (χ2v) is 8.13. The van der Waals surface area contributed by atoms with Crippen molar-refractivity contribution < 1.29 is 8.42 Å². The molecule has 0 radical (unpaired) electrons. The summed E-state index contributed by atoms with van der Waals surface area (Å²) in [5.74, 6) is 0.521. The maximum atomic E-state index is 13.2. The first-order valence-electron chi connectivity index (χ1n) is 8.58. The minimum Gasteiger partial charge on any atom is -0.284 e. The first-order valence-corrected chi connectivity index (χ1v) is 10.5. The summed E-state index contributed by atoms with van der Waals surface area (Å²) in [5, 5.41) is 0.514. The molecule has 28 heavy (non-hydrogen) atoms. The minimum atomic E-state index is -3.37. The average molecular weight is 391 g/mol. The van der Waals surface area contributed by atoms with Crippen LogP contribution in [-0.4, -0.2) is 24.2 Å². The van der Waals surface area contributed by atoms with Crippen LogP contribution in [0, 0.1) is 0 Å². The predicted molar refractivity (Wildman–Crippen MR) is 111 cm³/mol. The highest BCUT2D eigenvalue weighted by Crippen LogP contribution is 2.23. The molecule has 4 aromatic rings. The van der Waals surface area contributed by atoms with E-state index in [0.29, 0.717) is 28.1 Å². The monoisotopic (exact) mass is 391 g/mol. The lowest BCUT2D eigenvalue weighted by molar-refractivity contribution is 0.607. The molecular formula is C21H17N3O3S. The fourth-order valence-electron chi connectivity index (χ4n) is 3.05. The van der Waals surface area contributed by atoms with Gasteiger partial charge in [0.15, 0.2) is 0 Å². The van der Waals surface area contributed by atoms with Crippen LogP contribution in [0.3, 0.4) is 0 Å². The van der Waals surface area contributed by atoms with Crippen LogP contribution in [0.2, 0.25) is 0 Å². The number of fused-ring (bicyclic) bond motifs is 1. The topological polar surface area (TPSA) is 81.1 Å². The van der Waals surface area contributed by atoms with Gasteiger partial charge in [0.1, 0.15) is 5.82 Å². The first kappa shape index (κ1) is 17.9. The van der Waals surface area contributed by atoms with E-state index < -0.39 is 10.0 Å². The van der Waals surface area contributed by atoms with E-state index in [2.05, 4.69) is 4.72 Å². The number of para-hydroxylation sites is 1. The van der Waals surface area contributed by atoms with Crippen LogP contribution in [0.5, 0.6) is 0 Å². The summed E-state index contributed by atoms with van der Waals surface area (Å²) in [6, 6.07) is 23.3. The van der Waals surface area contributed by atoms with Crippen LogP contribution < -0.4 is 10.3 Å². The Balaban J connectivity index is 1.95. The molecule has 0 unspecified atom stereocenters. The number of rotatable bonds is 4. The van der Waals surface area contributed by atoms with E-state index in [4.69, 9.17) is 4.98 Å². The summed E-state index contributed by atoms with van der Waals surface area (Å²) in [6.45, 7) is 0. The predicted octanol–water partition coefficient (Wildman–Crippen LogP) is 3.42. The molecule has 0 atom stereocenters. The fraction of sp³-hybridized carbons (Fsp3) is 0.0476. The Kier molecular flexibility index (Phi) is 4.44. The van der Waals surface area contributed by atoms with Crippen LogP contribution in [0.15, 0.2) is 83.7 Å². The lowest BCUT2D eigenvalue weighted by Gasteiger charge is -2.14. The molecular weight excluding hydrogens is 374 g/mol. The van der Waals surface area contributed by atoms with Gasteiger partial charge in [-0.15, -0.1) is 0 Å². The zero-order chi connectivity index (χ0) is 19.7. The van der Waals surface area contributed by atoms with Crippen molar-refractivity contribution >= 4 is 26.6 Å². The molecule has 6 nitrogen and oxygen atoms in total. The Morgan fingerprint density at radius 3 is 2.18 bits per heavy atom. The lowest BCUT2D eigenvalue weighted by atomic mass is 10.1. The van der Waals surface area contributed by atoms with E-state index in [1.807, 2.05) is 42.5 Å². The molecule has 0 spiro atoms. The molecule has 0 amide bonds. The van der Waals surface area contributed by atoms with E-state index in [1.165, 1.54) is 0 Å². The summed E-state index contributed by atoms with van der Waals surface area (Å²) in [4.78, 5) is 18.0. The third-order valence-electron chi connectivity index (χ3n) is 4.24. The van der Waals surface area contributed by atoms with Gasteiger partial charge >= 0.3 is 0 Å². The standard InChI is InChI=1S/C21H17N3O3S/c1-28(26,27)23-16-11-13-17(14-12-16)24-20(15-7-3-2-4-8-15)22-19-10-6-5-9-18(19)21(24)25/h2-14,23H,1H3. The Hall–Kier alpha value is -3.45. The Labute approximate surface area is 162 Å². The summed E-state index contributed by atoms with van der Waals surface area (Å²) in [5.41, 5.74) is 2.27. The summed E-state index contributed by atoms with van der Waals surface area (Å²) < 4.78 is 26.8. The van der Waals surface area contributed by atoms with Crippen molar-refractivity contribution in [1.29, 1.82) is 0 Å². The van der Waals surface area contributed by atoms with Gasteiger partial charge in [-0.3, -0.25) is 14.1 Å². The van der Waals surface area contributed by atoms with E-state index in [-0.39, 0.29) is 5.56 Å². The number of hydrogen-bond acceptors (Lipinski definition) is 4. The van der Waals surface area contributed by atoms with Crippen molar-refractivity contribution in [3.05, 3.63) is 89.2 Å². The van der Waals surface area contributed by atoms with Gasteiger partial charge in [-0.05, 0) is 36.4 Å². The summed E-state index contributed by atoms with van der Waals surface area (Å²) in [7, 11) is -3.37. The third kappa shape index (κ3) is 3.52. The Bertz CT molecular complexity index is 1310. The van der Waals surface area contributed by atoms with E-state index >= 15 is 0 Å². The number of aromatic nitrogens is 2. The molecule has 7 heteroatoms. The van der Waals surface area contributed by atoms with Crippen molar-refractivity contribution in [3.8, 4) is 17.1 Å². The normalized spacial score (nSPS) is 11.5. The molecule has 1 heterocycles. The SMILES string of the molecule is CS(=O)(=O)Nc1ccc(-n2c(-c3ccccc3)nc3ccccc3c2=O)cc1. The van der Waals surface area contributed by atoms with E-state index in [9.17, 15) is 13.2 Å². The van der Waals surface area contributed by atoms with Crippen molar-refractivity contribution in [3.63, 3.8) is 0 Å². The highest BCUT2D eigenvalue weighted by atomic mass is 32.2. The smallest absolute Gasteiger partial charge is 0.266 e. The van der Waals surface area contributed by atoms with E-state index in [1.54, 1.807) is 41.0 Å². The summed E-state index contributed by atoms with van der Waals surface area (Å²) >= 11 is 0. The van der Waals surface area contributed by atoms with Crippen molar-refractivity contribution in [2.45, 2.75) is 0 Å². The quantitative estimate of drug-likeness (QED) is 0.578. The van der Waals surface area contributed by atoms with Gasteiger partial charge in [0.2, 0.25) is 10.0 Å². The number of nitrogens with one attached hydrogen (secondary N) is 1. The molecule has 0 bridgehead atoms. The van der Waals surface area contributed by atoms with Gasteiger partial charge in [-0.25, -0.2) is 13.4 Å². The zero-order valence-electron chi connectivity index (χ0n) is 15.0. The zero-order valence-corrected chi connectivity index (χ0v) is 15.8. The second-order valence-electron chi connectivity index (χ2n) is 6.38. The molecule has 4 rings (SSSR count). The van der Waals surface area contributed by atoms with Crippen LogP contribution >= 0.6 is 0 Å². The molecule has 0 saturated carbocycles. The molecule has 3 aromatic carbocycles. The molecule has 140 valence electrons. The highest BCUT2D eigenvalue weighted by molar-refractivity contribution is 7.92. The van der Waals surface area contributed by atoms with Crippen LogP contribution in [0.25, 0.3) is 28.0 Å². The number of anilines is 1. The van der Waals surface area contributed by atoms with Crippen molar-refractivity contribution in [2.75, 3.05) is 11.0 Å². The van der Waals surface area contributed by atoms with Gasteiger partial charge in [-0.1, -0.05) is 42.5 Å². The largest absolute Gasteiger partial charge is 0.284 e. The van der Waals surface area contributed by atoms with Crippen molar-refractivity contribution in [1.82, 2.24) is 9.55 Å². The van der Waals surface area contributed by atoms with Gasteiger partial charge in [0.25, 0.3) is 5.56 Å². The van der Waals surface area contributed by atoms with Gasteiger partial charge in [-0.2, -0.15) is 0 Å². The summed E-state index contributed by atoms with van der Waals surface area (Å²) in [6.07, 6.45) is 1.09. The lowest BCUT2D eigenvalue weighted by Crippen LogP contribution is -2.22. The molecule has 0 aliphatic heterocycles. The Morgan fingerprint density at radius 2 is 1.50 bits per heavy atom. The molecule has 0 fully saturated rings. The van der Waals surface area contributed by atoms with Gasteiger partial charge in [0, 0.05) is 11.3 Å². The van der Waals surface area contributed by atoms with E-state index in [0.717, 1.165) is 11.8 Å². The molecule has 0 aliphatic rings. The molecule has 0 saturated heterocycles. The van der Waals surface area contributed by atoms with Gasteiger partial charge in [0.05, 0.1) is 22.8 Å². The molecule has 1 aromatic heterocycles. The first-order chi connectivity index (χ1) is 13.4. The maximum absolute atomic E-state index is 13.2. The van der Waals surface area contributed by atoms with Crippen LogP contribution in [-0.2, 0) is 10.0 Å². The second kappa shape index (κ2) is 6.94. The third-order valence-corrected chi connectivity index (χ3v) is 4.84. The van der Waals surface area contributed by atoms with Gasteiger partial charge < -0.3 is 0 Å². The van der Waals surface area contributed by atoms with Crippen LogP contribution in [0.1, 0.15) is 0 Å².